The summed E-state index contributed by atoms with van der Waals surface area (Å²) in [7, 11) is 1.30. The van der Waals surface area contributed by atoms with E-state index in [2.05, 4.69) is 5.32 Å². The minimum atomic E-state index is -0.669. The van der Waals surface area contributed by atoms with Gasteiger partial charge in [0.15, 0.2) is 0 Å². The number of rotatable bonds is 7. The molecule has 0 radical (unpaired) electrons. The summed E-state index contributed by atoms with van der Waals surface area (Å²) in [6.45, 7) is 3.79. The summed E-state index contributed by atoms with van der Waals surface area (Å²) in [5, 5.41) is 2.71. The van der Waals surface area contributed by atoms with Crippen molar-refractivity contribution in [2.75, 3.05) is 24.9 Å². The molecule has 21 heavy (non-hydrogen) atoms. The lowest BCUT2D eigenvalue weighted by Gasteiger charge is -2.30. The zero-order valence-corrected chi connectivity index (χ0v) is 14.4. The van der Waals surface area contributed by atoms with Crippen LogP contribution >= 0.6 is 23.5 Å². The van der Waals surface area contributed by atoms with E-state index in [1.807, 2.05) is 20.1 Å². The molecule has 1 N–H and O–H groups in total. The maximum Gasteiger partial charge on any atom is 0.328 e. The number of ether oxygens (including phenoxy) is 1. The summed E-state index contributed by atoms with van der Waals surface area (Å²) in [4.78, 5) is 36.4. The van der Waals surface area contributed by atoms with Gasteiger partial charge in [0.25, 0.3) is 0 Å². The van der Waals surface area contributed by atoms with Crippen molar-refractivity contribution >= 4 is 41.8 Å². The van der Waals surface area contributed by atoms with E-state index in [9.17, 15) is 14.4 Å². The van der Waals surface area contributed by atoms with E-state index in [-0.39, 0.29) is 5.91 Å². The van der Waals surface area contributed by atoms with Gasteiger partial charge in [0.05, 0.1) is 12.0 Å². The Balaban J connectivity index is 2.73. The Kier molecular flexibility index (Phi) is 6.86. The lowest BCUT2D eigenvalue weighted by atomic mass is 10.1. The maximum atomic E-state index is 12.4. The van der Waals surface area contributed by atoms with E-state index in [0.717, 1.165) is 5.75 Å². The number of hydrogen-bond donors (Lipinski definition) is 1. The number of carbonyl (C=O) groups excluding carboxylic acids is 3. The highest BCUT2D eigenvalue weighted by Gasteiger charge is 2.43. The Bertz CT molecular complexity index is 404. The van der Waals surface area contributed by atoms with Crippen molar-refractivity contribution in [1.82, 2.24) is 10.2 Å². The lowest BCUT2D eigenvalue weighted by molar-refractivity contribution is -0.146. The van der Waals surface area contributed by atoms with Gasteiger partial charge in [-0.05, 0) is 32.3 Å². The maximum absolute atomic E-state index is 12.4. The molecule has 0 saturated carbocycles. The summed E-state index contributed by atoms with van der Waals surface area (Å²) < 4.78 is 4.72. The first kappa shape index (κ1) is 18.2. The van der Waals surface area contributed by atoms with Crippen LogP contribution in [-0.4, -0.2) is 65.0 Å². The summed E-state index contributed by atoms with van der Waals surface area (Å²) >= 11 is 3.13. The Labute approximate surface area is 133 Å². The highest BCUT2D eigenvalue weighted by atomic mass is 32.2. The van der Waals surface area contributed by atoms with Crippen molar-refractivity contribution < 1.29 is 19.1 Å². The molecule has 1 aliphatic heterocycles. The van der Waals surface area contributed by atoms with Crippen LogP contribution in [0.3, 0.4) is 0 Å². The van der Waals surface area contributed by atoms with Gasteiger partial charge in [0.1, 0.15) is 12.1 Å². The molecule has 0 bridgehead atoms. The zero-order chi connectivity index (χ0) is 16.0. The first-order chi connectivity index (χ1) is 9.87. The van der Waals surface area contributed by atoms with Crippen LogP contribution in [-0.2, 0) is 19.1 Å². The Morgan fingerprint density at radius 2 is 2.24 bits per heavy atom. The molecule has 8 heteroatoms. The number of esters is 1. The van der Waals surface area contributed by atoms with Gasteiger partial charge >= 0.3 is 5.97 Å². The number of nitrogens with one attached hydrogen (secondary N) is 1. The summed E-state index contributed by atoms with van der Waals surface area (Å²) in [5.41, 5.74) is 0. The molecule has 1 saturated heterocycles. The third kappa shape index (κ3) is 4.54. The van der Waals surface area contributed by atoms with Crippen LogP contribution in [0, 0.1) is 0 Å². The monoisotopic (exact) mass is 334 g/mol. The fraction of sp³-hybridized carbons (Fsp3) is 0.769. The summed E-state index contributed by atoms with van der Waals surface area (Å²) in [5.74, 6) is 0.493. The van der Waals surface area contributed by atoms with Crippen LogP contribution in [0.15, 0.2) is 0 Å². The molecular formula is C13H22N2O4S2. The molecule has 0 aromatic rings. The van der Waals surface area contributed by atoms with Crippen LogP contribution in [0.5, 0.6) is 0 Å². The van der Waals surface area contributed by atoms with Crippen molar-refractivity contribution in [2.24, 2.45) is 0 Å². The van der Waals surface area contributed by atoms with E-state index in [0.29, 0.717) is 18.6 Å². The van der Waals surface area contributed by atoms with Gasteiger partial charge in [-0.15, -0.1) is 11.8 Å². The van der Waals surface area contributed by atoms with Crippen molar-refractivity contribution in [3.05, 3.63) is 0 Å². The minimum absolute atomic E-state index is 0.309. The summed E-state index contributed by atoms with van der Waals surface area (Å²) in [6.07, 6.45) is 3.13. The predicted molar refractivity (Wildman–Crippen MR) is 85.2 cm³/mol. The van der Waals surface area contributed by atoms with E-state index >= 15 is 0 Å². The van der Waals surface area contributed by atoms with Gasteiger partial charge in [0, 0.05) is 5.75 Å². The number of nitrogens with zero attached hydrogens (tertiary/aromatic N) is 1. The smallest absolute Gasteiger partial charge is 0.328 e. The van der Waals surface area contributed by atoms with Crippen LogP contribution in [0.1, 0.15) is 20.3 Å². The number of thioether (sulfide) groups is 2. The average Bonchev–Trinajstić information content (AvgIpc) is 2.76. The number of hydrogen-bond acceptors (Lipinski definition) is 6. The van der Waals surface area contributed by atoms with E-state index in [4.69, 9.17) is 4.74 Å². The predicted octanol–water partition coefficient (Wildman–Crippen LogP) is 0.707. The van der Waals surface area contributed by atoms with Crippen LogP contribution < -0.4 is 5.32 Å². The molecule has 1 heterocycles. The fourth-order valence-electron chi connectivity index (χ4n) is 2.11. The Morgan fingerprint density at radius 3 is 2.76 bits per heavy atom. The normalized spacial score (nSPS) is 21.7. The second-order valence-electron chi connectivity index (χ2n) is 5.15. The third-order valence-electron chi connectivity index (χ3n) is 3.38. The van der Waals surface area contributed by atoms with Crippen LogP contribution in [0.2, 0.25) is 0 Å². The summed E-state index contributed by atoms with van der Waals surface area (Å²) in [6, 6.07) is -1.22. The third-order valence-corrected chi connectivity index (χ3v) is 5.42. The Hall–Kier alpha value is -0.890. The van der Waals surface area contributed by atoms with Crippen molar-refractivity contribution in [2.45, 2.75) is 37.2 Å². The average molecular weight is 334 g/mol. The minimum Gasteiger partial charge on any atom is -0.467 e. The molecule has 0 unspecified atom stereocenters. The number of amides is 2. The van der Waals surface area contributed by atoms with Crippen molar-refractivity contribution in [3.8, 4) is 0 Å². The molecular weight excluding hydrogens is 312 g/mol. The molecule has 0 aliphatic carbocycles. The zero-order valence-electron chi connectivity index (χ0n) is 12.8. The van der Waals surface area contributed by atoms with Gasteiger partial charge in [-0.1, -0.05) is 0 Å². The quantitative estimate of drug-likeness (QED) is 0.546. The molecule has 1 rings (SSSR count). The van der Waals surface area contributed by atoms with Gasteiger partial charge in [-0.3, -0.25) is 9.59 Å². The topological polar surface area (TPSA) is 75.7 Å². The first-order valence-corrected chi connectivity index (χ1v) is 9.00. The van der Waals surface area contributed by atoms with Crippen molar-refractivity contribution in [3.63, 3.8) is 0 Å². The molecule has 0 aromatic heterocycles. The standard InChI is InChI=1S/C13H22N2O4S2/c1-13(2)15(8-16)10(7-21-13)11(17)14-9(5-6-20-4)12(18)19-3/h8-10H,5-7H2,1-4H3,(H,14,17)/t9-,10-/m1/s1. The molecule has 0 spiro atoms. The number of methoxy groups -OCH3 is 1. The molecule has 1 fully saturated rings. The first-order valence-electron chi connectivity index (χ1n) is 6.62. The fourth-order valence-corrected chi connectivity index (χ4v) is 3.78. The number of carbonyl (C=O) groups is 3. The molecule has 0 aromatic carbocycles. The molecule has 6 nitrogen and oxygen atoms in total. The highest BCUT2D eigenvalue weighted by Crippen LogP contribution is 2.37. The molecule has 2 amide bonds. The second-order valence-corrected chi connectivity index (χ2v) is 7.76. The highest BCUT2D eigenvalue weighted by molar-refractivity contribution is 8.00. The van der Waals surface area contributed by atoms with Crippen LogP contribution in [0.25, 0.3) is 0 Å². The van der Waals surface area contributed by atoms with E-state index < -0.39 is 22.9 Å². The van der Waals surface area contributed by atoms with Gasteiger partial charge in [-0.25, -0.2) is 4.79 Å². The van der Waals surface area contributed by atoms with Gasteiger partial charge in [0.2, 0.25) is 12.3 Å². The second kappa shape index (κ2) is 7.93. The largest absolute Gasteiger partial charge is 0.467 e. The molecule has 2 atom stereocenters. The molecule has 1 aliphatic rings. The van der Waals surface area contributed by atoms with E-state index in [1.54, 1.807) is 23.5 Å². The van der Waals surface area contributed by atoms with Gasteiger partial charge < -0.3 is 15.0 Å². The Morgan fingerprint density at radius 1 is 1.57 bits per heavy atom. The van der Waals surface area contributed by atoms with Crippen molar-refractivity contribution in [1.29, 1.82) is 0 Å². The SMILES string of the molecule is COC(=O)[C@@H](CCSC)NC(=O)[C@H]1CSC(C)(C)N1C=O. The van der Waals surface area contributed by atoms with Gasteiger partial charge in [-0.2, -0.15) is 11.8 Å². The van der Waals surface area contributed by atoms with Crippen LogP contribution in [0.4, 0.5) is 0 Å². The lowest BCUT2D eigenvalue weighted by Crippen LogP contribution is -2.53. The van der Waals surface area contributed by atoms with E-state index in [1.165, 1.54) is 12.0 Å². The molecule has 120 valence electrons.